The molecule has 0 radical (unpaired) electrons. The first-order valence-electron chi connectivity index (χ1n) is 8.97. The first-order valence-corrected chi connectivity index (χ1v) is 8.97. The normalized spacial score (nSPS) is 20.6. The van der Waals surface area contributed by atoms with Gasteiger partial charge in [-0.05, 0) is 37.6 Å². The van der Waals surface area contributed by atoms with Crippen LogP contribution in [0.1, 0.15) is 18.1 Å². The van der Waals surface area contributed by atoms with Crippen LogP contribution in [0.2, 0.25) is 0 Å². The number of aromatic nitrogens is 1. The highest BCUT2D eigenvalue weighted by atomic mass is 19.1. The fraction of sp³-hybridized carbons (Fsp3) is 0.421. The number of hydrogen-bond acceptors (Lipinski definition) is 5. The first-order chi connectivity index (χ1) is 13.3. The molecule has 3 rings (SSSR count). The molecule has 2 heterocycles. The van der Waals surface area contributed by atoms with E-state index in [1.54, 1.807) is 13.8 Å². The summed E-state index contributed by atoms with van der Waals surface area (Å²) < 4.78 is 14.3. The van der Waals surface area contributed by atoms with E-state index in [0.29, 0.717) is 21.2 Å². The van der Waals surface area contributed by atoms with Gasteiger partial charge in [0.1, 0.15) is 11.9 Å². The van der Waals surface area contributed by atoms with Crippen LogP contribution < -0.4 is 16.2 Å². The molecular weight excluding hydrogens is 365 g/mol. The number of H-pyrrole nitrogens is 1. The van der Waals surface area contributed by atoms with Gasteiger partial charge in [-0.1, -0.05) is 0 Å². The van der Waals surface area contributed by atoms with Gasteiger partial charge >= 0.3 is 0 Å². The summed E-state index contributed by atoms with van der Waals surface area (Å²) in [4.78, 5) is 39.3. The van der Waals surface area contributed by atoms with E-state index in [-0.39, 0.29) is 43.1 Å². The molecule has 3 N–H and O–H groups in total. The van der Waals surface area contributed by atoms with E-state index in [0.717, 1.165) is 0 Å². The Morgan fingerprint density at radius 1 is 1.50 bits per heavy atom. The molecule has 0 bridgehead atoms. The smallest absolute Gasteiger partial charge is 0.297 e. The van der Waals surface area contributed by atoms with Gasteiger partial charge in [-0.25, -0.2) is 4.39 Å². The van der Waals surface area contributed by atoms with E-state index in [1.165, 1.54) is 18.2 Å². The van der Waals surface area contributed by atoms with Gasteiger partial charge in [0, 0.05) is 32.2 Å². The molecule has 1 aromatic carbocycles. The summed E-state index contributed by atoms with van der Waals surface area (Å²) in [6, 6.07) is 4.57. The molecule has 1 aliphatic rings. The predicted octanol–water partition coefficient (Wildman–Crippen LogP) is 0.666. The molecule has 1 aliphatic heterocycles. The SMILES string of the molecule is Cc1c(CC(=O)N[C@@H](C)C2C[N+](=O)C(C#N)CN2)c(=O)[nH]c2ccc(F)cc12. The zero-order valence-corrected chi connectivity index (χ0v) is 15.6. The number of fused-ring (bicyclic) bond motifs is 1. The number of amides is 1. The van der Waals surface area contributed by atoms with E-state index in [1.807, 2.05) is 6.07 Å². The van der Waals surface area contributed by atoms with Crippen LogP contribution in [0, 0.1) is 29.0 Å². The second kappa shape index (κ2) is 7.86. The van der Waals surface area contributed by atoms with E-state index in [2.05, 4.69) is 15.6 Å². The number of piperazine rings is 1. The van der Waals surface area contributed by atoms with Gasteiger partial charge in [-0.15, -0.1) is 0 Å². The Kier molecular flexibility index (Phi) is 5.51. The largest absolute Gasteiger partial charge is 0.352 e. The Labute approximate surface area is 160 Å². The van der Waals surface area contributed by atoms with Crippen LogP contribution in [-0.2, 0) is 11.2 Å². The summed E-state index contributed by atoms with van der Waals surface area (Å²) in [6.45, 7) is 3.74. The minimum Gasteiger partial charge on any atom is -0.352 e. The monoisotopic (exact) mass is 386 g/mol. The molecule has 1 amide bonds. The van der Waals surface area contributed by atoms with Crippen molar-refractivity contribution < 1.29 is 13.9 Å². The Bertz CT molecular complexity index is 1040. The summed E-state index contributed by atoms with van der Waals surface area (Å²) in [6.07, 6.45) is -0.160. The van der Waals surface area contributed by atoms with Gasteiger partial charge in [0.05, 0.1) is 19.0 Å². The number of pyridine rings is 1. The number of benzene rings is 1. The van der Waals surface area contributed by atoms with Gasteiger partial charge in [0.2, 0.25) is 12.5 Å². The minimum absolute atomic E-state index is 0.0779. The Morgan fingerprint density at radius 2 is 2.25 bits per heavy atom. The van der Waals surface area contributed by atoms with Crippen LogP contribution in [0.5, 0.6) is 0 Å². The number of halogens is 1. The van der Waals surface area contributed by atoms with Crippen molar-refractivity contribution in [1.82, 2.24) is 15.6 Å². The molecule has 9 heteroatoms. The van der Waals surface area contributed by atoms with Crippen molar-refractivity contribution in [1.29, 1.82) is 5.26 Å². The average Bonchev–Trinajstić information content (AvgIpc) is 2.65. The number of rotatable bonds is 4. The maximum absolute atomic E-state index is 13.5. The molecule has 1 saturated heterocycles. The highest BCUT2D eigenvalue weighted by Crippen LogP contribution is 2.19. The van der Waals surface area contributed by atoms with Crippen LogP contribution in [0.25, 0.3) is 10.9 Å². The molecule has 1 aromatic heterocycles. The van der Waals surface area contributed by atoms with E-state index < -0.39 is 17.4 Å². The number of carbonyl (C=O) groups excluding carboxylic acids is 1. The topological polar surface area (TPSA) is 118 Å². The Balaban J connectivity index is 1.72. The second-order valence-electron chi connectivity index (χ2n) is 7.04. The summed E-state index contributed by atoms with van der Waals surface area (Å²) in [5.41, 5.74) is 0.946. The molecular formula is C19H21FN5O3+. The van der Waals surface area contributed by atoms with Crippen molar-refractivity contribution in [2.24, 2.45) is 0 Å². The molecule has 2 aromatic rings. The fourth-order valence-electron chi connectivity index (χ4n) is 3.44. The van der Waals surface area contributed by atoms with Crippen molar-refractivity contribution in [3.63, 3.8) is 0 Å². The highest BCUT2D eigenvalue weighted by molar-refractivity contribution is 5.85. The van der Waals surface area contributed by atoms with Crippen LogP contribution >= 0.6 is 0 Å². The average molecular weight is 386 g/mol. The molecule has 0 aliphatic carbocycles. The zero-order chi connectivity index (χ0) is 20.4. The molecule has 0 spiro atoms. The summed E-state index contributed by atoms with van der Waals surface area (Å²) in [7, 11) is 0. The quantitative estimate of drug-likeness (QED) is 0.668. The van der Waals surface area contributed by atoms with Gasteiger partial charge in [-0.2, -0.15) is 5.26 Å². The lowest BCUT2D eigenvalue weighted by Gasteiger charge is -2.26. The lowest BCUT2D eigenvalue weighted by molar-refractivity contribution is -0.583. The summed E-state index contributed by atoms with van der Waals surface area (Å²) >= 11 is 0. The Hall–Kier alpha value is -3.12. The van der Waals surface area contributed by atoms with E-state index in [9.17, 15) is 18.9 Å². The number of carbonyl (C=O) groups is 1. The van der Waals surface area contributed by atoms with Gasteiger partial charge in [0.25, 0.3) is 11.6 Å². The van der Waals surface area contributed by atoms with Crippen LogP contribution in [-0.4, -0.2) is 46.9 Å². The third-order valence-electron chi connectivity index (χ3n) is 5.14. The summed E-state index contributed by atoms with van der Waals surface area (Å²) in [5.74, 6) is -0.800. The molecule has 2 unspecified atom stereocenters. The number of nitrogens with one attached hydrogen (secondary N) is 3. The standard InChI is InChI=1S/C19H20FN5O3/c1-10-14-5-12(20)3-4-16(14)24-19(27)15(10)6-18(26)23-11(2)17-9-25(28)13(7-21)8-22-17/h3-5,11,13,17,22H,6,8-9H2,1-2H3,(H-,23,24,26,27)/p+1/t11-,13?,17?/m0/s1. The number of nitrogens with zero attached hydrogens (tertiary/aromatic N) is 2. The molecule has 146 valence electrons. The third kappa shape index (κ3) is 3.92. The van der Waals surface area contributed by atoms with Crippen LogP contribution in [0.4, 0.5) is 4.39 Å². The van der Waals surface area contributed by atoms with Gasteiger partial charge in [-0.3, -0.25) is 14.9 Å². The number of aromatic amines is 1. The molecule has 8 nitrogen and oxygen atoms in total. The molecule has 28 heavy (non-hydrogen) atoms. The molecule has 1 fully saturated rings. The summed E-state index contributed by atoms with van der Waals surface area (Å²) in [5, 5.41) is 15.3. The van der Waals surface area contributed by atoms with Gasteiger partial charge < -0.3 is 10.3 Å². The van der Waals surface area contributed by atoms with Crippen LogP contribution in [0.15, 0.2) is 23.0 Å². The molecule has 0 saturated carbocycles. The van der Waals surface area contributed by atoms with E-state index in [4.69, 9.17) is 5.26 Å². The number of nitroso groups, excluding NO2 is 1. The number of nitriles is 1. The fourth-order valence-corrected chi connectivity index (χ4v) is 3.44. The number of aryl methyl sites for hydroxylation is 1. The van der Waals surface area contributed by atoms with Crippen molar-refractivity contribution in [2.75, 3.05) is 13.1 Å². The zero-order valence-electron chi connectivity index (χ0n) is 15.6. The Morgan fingerprint density at radius 3 is 2.93 bits per heavy atom. The van der Waals surface area contributed by atoms with Crippen LogP contribution in [0.3, 0.4) is 0 Å². The van der Waals surface area contributed by atoms with Gasteiger partial charge in [0.15, 0.2) is 0 Å². The first kappa shape index (κ1) is 19.6. The van der Waals surface area contributed by atoms with Crippen molar-refractivity contribution in [3.8, 4) is 6.07 Å². The lowest BCUT2D eigenvalue weighted by atomic mass is 10.0. The van der Waals surface area contributed by atoms with E-state index >= 15 is 0 Å². The number of hydrogen-bond donors (Lipinski definition) is 3. The van der Waals surface area contributed by atoms with Crippen molar-refractivity contribution >= 4 is 16.8 Å². The predicted molar refractivity (Wildman–Crippen MR) is 100 cm³/mol. The second-order valence-corrected chi connectivity index (χ2v) is 7.04. The third-order valence-corrected chi connectivity index (χ3v) is 5.14. The maximum Gasteiger partial charge on any atom is 0.297 e. The van der Waals surface area contributed by atoms with Crippen molar-refractivity contribution in [3.05, 3.63) is 50.4 Å². The highest BCUT2D eigenvalue weighted by Gasteiger charge is 2.37. The lowest BCUT2D eigenvalue weighted by Crippen LogP contribution is -2.59. The van der Waals surface area contributed by atoms with Crippen molar-refractivity contribution in [2.45, 2.75) is 38.4 Å². The molecule has 3 atom stereocenters. The maximum atomic E-state index is 13.5. The minimum atomic E-state index is -0.738.